The normalized spacial score (nSPS) is 14.3. The van der Waals surface area contributed by atoms with Crippen LogP contribution in [0.15, 0.2) is 47.3 Å². The van der Waals surface area contributed by atoms with Crippen LogP contribution in [-0.2, 0) is 19.5 Å². The third kappa shape index (κ3) is 3.65. The number of aromatic nitrogens is 1. The molecule has 4 rings (SSSR count). The predicted octanol–water partition coefficient (Wildman–Crippen LogP) is 3.86. The van der Waals surface area contributed by atoms with Gasteiger partial charge in [0.1, 0.15) is 6.26 Å². The van der Waals surface area contributed by atoms with Crippen molar-refractivity contribution in [3.63, 3.8) is 0 Å². The Bertz CT molecular complexity index is 869. The molecular formula is C19H19N3O2S. The summed E-state index contributed by atoms with van der Waals surface area (Å²) in [4.78, 5) is 20.3. The van der Waals surface area contributed by atoms with Crippen LogP contribution in [0.4, 0.5) is 5.13 Å². The molecule has 0 saturated carbocycles. The van der Waals surface area contributed by atoms with Gasteiger partial charge >= 0.3 is 0 Å². The molecule has 2 aromatic heterocycles. The molecule has 1 amide bonds. The van der Waals surface area contributed by atoms with Gasteiger partial charge in [-0.2, -0.15) is 0 Å². The summed E-state index contributed by atoms with van der Waals surface area (Å²) < 4.78 is 4.95. The molecule has 0 radical (unpaired) electrons. The zero-order chi connectivity index (χ0) is 17.2. The van der Waals surface area contributed by atoms with E-state index in [4.69, 9.17) is 4.42 Å². The number of carbonyl (C=O) groups is 1. The van der Waals surface area contributed by atoms with E-state index >= 15 is 0 Å². The molecule has 3 heterocycles. The number of rotatable bonds is 4. The predicted molar refractivity (Wildman–Crippen MR) is 97.8 cm³/mol. The van der Waals surface area contributed by atoms with Crippen LogP contribution < -0.4 is 5.32 Å². The lowest BCUT2D eigenvalue weighted by atomic mass is 10.1. The first-order valence-corrected chi connectivity index (χ1v) is 9.09. The fourth-order valence-corrected chi connectivity index (χ4v) is 4.00. The zero-order valence-electron chi connectivity index (χ0n) is 14.0. The lowest BCUT2D eigenvalue weighted by molar-refractivity contribution is 0.102. The van der Waals surface area contributed by atoms with Crippen molar-refractivity contribution in [2.75, 3.05) is 11.9 Å². The maximum absolute atomic E-state index is 12.1. The van der Waals surface area contributed by atoms with Crippen molar-refractivity contribution in [2.24, 2.45) is 0 Å². The number of fused-ring (bicyclic) bond motifs is 1. The standard InChI is InChI=1S/C19H19N3O2S/c1-13-2-4-14(5-3-13)10-22-8-6-16-17(11-22)25-19(20-16)21-18(23)15-7-9-24-12-15/h2-5,7,9,12H,6,8,10-11H2,1H3,(H,20,21,23). The van der Waals surface area contributed by atoms with Crippen LogP contribution in [0.5, 0.6) is 0 Å². The molecule has 1 N–H and O–H groups in total. The van der Waals surface area contributed by atoms with Crippen molar-refractivity contribution in [3.05, 3.63) is 70.1 Å². The lowest BCUT2D eigenvalue weighted by Gasteiger charge is -2.25. The van der Waals surface area contributed by atoms with Crippen molar-refractivity contribution in [3.8, 4) is 0 Å². The molecule has 1 aliphatic rings. The van der Waals surface area contributed by atoms with E-state index in [9.17, 15) is 4.79 Å². The molecule has 0 bridgehead atoms. The van der Waals surface area contributed by atoms with E-state index in [0.717, 1.165) is 31.7 Å². The Morgan fingerprint density at radius 2 is 2.16 bits per heavy atom. The molecule has 6 heteroatoms. The average Bonchev–Trinajstić information content (AvgIpc) is 3.26. The number of carbonyl (C=O) groups excluding carboxylic acids is 1. The topological polar surface area (TPSA) is 58.4 Å². The van der Waals surface area contributed by atoms with Gasteiger partial charge in [-0.1, -0.05) is 29.8 Å². The maximum Gasteiger partial charge on any atom is 0.260 e. The molecular weight excluding hydrogens is 334 g/mol. The highest BCUT2D eigenvalue weighted by Crippen LogP contribution is 2.29. The highest BCUT2D eigenvalue weighted by Gasteiger charge is 2.21. The van der Waals surface area contributed by atoms with Gasteiger partial charge in [-0.15, -0.1) is 11.3 Å². The molecule has 1 aliphatic heterocycles. The van der Waals surface area contributed by atoms with Crippen molar-refractivity contribution in [1.29, 1.82) is 0 Å². The van der Waals surface area contributed by atoms with E-state index in [1.54, 1.807) is 17.4 Å². The van der Waals surface area contributed by atoms with Gasteiger partial charge in [-0.05, 0) is 18.6 Å². The number of thiazole rings is 1. The first-order chi connectivity index (χ1) is 12.2. The van der Waals surface area contributed by atoms with E-state index in [2.05, 4.69) is 46.4 Å². The van der Waals surface area contributed by atoms with Crippen molar-refractivity contribution >= 4 is 22.4 Å². The molecule has 0 fully saturated rings. The summed E-state index contributed by atoms with van der Waals surface area (Å²) in [6, 6.07) is 10.3. The summed E-state index contributed by atoms with van der Waals surface area (Å²) in [5.41, 5.74) is 4.22. The highest BCUT2D eigenvalue weighted by atomic mass is 32.1. The molecule has 128 valence electrons. The van der Waals surface area contributed by atoms with Crippen LogP contribution in [0.25, 0.3) is 0 Å². The monoisotopic (exact) mass is 353 g/mol. The van der Waals surface area contributed by atoms with E-state index in [1.807, 2.05) is 0 Å². The van der Waals surface area contributed by atoms with Gasteiger partial charge < -0.3 is 4.42 Å². The Kier molecular flexibility index (Phi) is 4.38. The van der Waals surface area contributed by atoms with Gasteiger partial charge in [-0.3, -0.25) is 15.0 Å². The van der Waals surface area contributed by atoms with Crippen LogP contribution in [0, 0.1) is 6.92 Å². The Hall–Kier alpha value is -2.44. The number of furan rings is 1. The lowest BCUT2D eigenvalue weighted by Crippen LogP contribution is -2.29. The minimum atomic E-state index is -0.184. The summed E-state index contributed by atoms with van der Waals surface area (Å²) in [5, 5.41) is 3.52. The van der Waals surface area contributed by atoms with Crippen molar-refractivity contribution in [1.82, 2.24) is 9.88 Å². The SMILES string of the molecule is Cc1ccc(CN2CCc3nc(NC(=O)c4ccoc4)sc3C2)cc1. The second kappa shape index (κ2) is 6.82. The van der Waals surface area contributed by atoms with Crippen LogP contribution in [0.3, 0.4) is 0 Å². The Balaban J connectivity index is 1.42. The van der Waals surface area contributed by atoms with Gasteiger partial charge in [0, 0.05) is 30.9 Å². The van der Waals surface area contributed by atoms with Gasteiger partial charge in [0.15, 0.2) is 5.13 Å². The smallest absolute Gasteiger partial charge is 0.260 e. The fourth-order valence-electron chi connectivity index (χ4n) is 2.95. The molecule has 1 aromatic carbocycles. The summed E-state index contributed by atoms with van der Waals surface area (Å²) in [7, 11) is 0. The summed E-state index contributed by atoms with van der Waals surface area (Å²) in [6.45, 7) is 4.91. The van der Waals surface area contributed by atoms with Gasteiger partial charge in [0.05, 0.1) is 17.5 Å². The van der Waals surface area contributed by atoms with Crippen molar-refractivity contribution < 1.29 is 9.21 Å². The second-order valence-corrected chi connectivity index (χ2v) is 7.38. The van der Waals surface area contributed by atoms with Crippen LogP contribution in [0.2, 0.25) is 0 Å². The third-order valence-corrected chi connectivity index (χ3v) is 5.34. The number of amides is 1. The fraction of sp³-hybridized carbons (Fsp3) is 0.263. The molecule has 0 spiro atoms. The Labute approximate surface area is 150 Å². The number of aryl methyl sites for hydroxylation is 1. The van der Waals surface area contributed by atoms with Crippen LogP contribution in [-0.4, -0.2) is 22.3 Å². The molecule has 0 atom stereocenters. The third-order valence-electron chi connectivity index (χ3n) is 4.34. The van der Waals surface area contributed by atoms with E-state index in [1.165, 1.54) is 28.5 Å². The van der Waals surface area contributed by atoms with E-state index < -0.39 is 0 Å². The largest absolute Gasteiger partial charge is 0.472 e. The number of hydrogen-bond donors (Lipinski definition) is 1. The second-order valence-electron chi connectivity index (χ2n) is 6.30. The first kappa shape index (κ1) is 16.1. The number of anilines is 1. The van der Waals surface area contributed by atoms with Gasteiger partial charge in [-0.25, -0.2) is 4.98 Å². The van der Waals surface area contributed by atoms with Gasteiger partial charge in [0.25, 0.3) is 5.91 Å². The number of nitrogens with one attached hydrogen (secondary N) is 1. The summed E-state index contributed by atoms with van der Waals surface area (Å²) in [6.07, 6.45) is 3.84. The van der Waals surface area contributed by atoms with Crippen molar-refractivity contribution in [2.45, 2.75) is 26.4 Å². The number of hydrogen-bond acceptors (Lipinski definition) is 5. The molecule has 0 aliphatic carbocycles. The zero-order valence-corrected chi connectivity index (χ0v) is 14.8. The van der Waals surface area contributed by atoms with E-state index in [-0.39, 0.29) is 5.91 Å². The molecule has 5 nitrogen and oxygen atoms in total. The molecule has 0 unspecified atom stereocenters. The number of benzene rings is 1. The summed E-state index contributed by atoms with van der Waals surface area (Å²) >= 11 is 1.56. The minimum Gasteiger partial charge on any atom is -0.472 e. The summed E-state index contributed by atoms with van der Waals surface area (Å²) in [5.74, 6) is -0.184. The quantitative estimate of drug-likeness (QED) is 0.774. The maximum atomic E-state index is 12.1. The number of nitrogens with zero attached hydrogens (tertiary/aromatic N) is 2. The van der Waals surface area contributed by atoms with E-state index in [0.29, 0.717) is 10.7 Å². The average molecular weight is 353 g/mol. The minimum absolute atomic E-state index is 0.184. The van der Waals surface area contributed by atoms with Crippen LogP contribution >= 0.6 is 11.3 Å². The first-order valence-electron chi connectivity index (χ1n) is 8.27. The van der Waals surface area contributed by atoms with Crippen LogP contribution in [0.1, 0.15) is 32.1 Å². The molecule has 3 aromatic rings. The molecule has 25 heavy (non-hydrogen) atoms. The Morgan fingerprint density at radius 1 is 1.32 bits per heavy atom. The highest BCUT2D eigenvalue weighted by molar-refractivity contribution is 7.15. The van der Waals surface area contributed by atoms with Gasteiger partial charge in [0.2, 0.25) is 0 Å². The Morgan fingerprint density at radius 3 is 2.92 bits per heavy atom. The molecule has 0 saturated heterocycles.